The van der Waals surface area contributed by atoms with Crippen LogP contribution in [-0.4, -0.2) is 23.1 Å². The molecule has 0 spiro atoms. The van der Waals surface area contributed by atoms with Crippen LogP contribution in [0.2, 0.25) is 0 Å². The van der Waals surface area contributed by atoms with E-state index in [1.54, 1.807) is 6.07 Å². The summed E-state index contributed by atoms with van der Waals surface area (Å²) in [5, 5.41) is 10.5. The Labute approximate surface area is 220 Å². The van der Waals surface area contributed by atoms with E-state index < -0.39 is 0 Å². The van der Waals surface area contributed by atoms with Crippen LogP contribution in [0, 0.1) is 5.82 Å². The molecule has 0 radical (unpaired) electrons. The number of anilines is 1. The van der Waals surface area contributed by atoms with Gasteiger partial charge in [-0.2, -0.15) is 0 Å². The van der Waals surface area contributed by atoms with E-state index in [1.165, 1.54) is 17.2 Å². The summed E-state index contributed by atoms with van der Waals surface area (Å²) in [7, 11) is 0. The standard InChI is InChI=1S/C31H40FN3O2/c1-6-8-27(33-24-16-13-22-9-7-10-26(32)25(22)18-24)30(36)34-29-19-28(37-35-29)20(2)17-21-11-14-23(15-12-21)31(3,4)5/h7,9-12,14-15,19-20,24,27,33H,6,8,13,16-18H2,1-5H3,(H,34,35,36)/t20?,24?,27-/m0/s1. The minimum absolute atomic E-state index is 0.0595. The summed E-state index contributed by atoms with van der Waals surface area (Å²) in [4.78, 5) is 13.1. The van der Waals surface area contributed by atoms with Gasteiger partial charge in [0.05, 0.1) is 6.04 Å². The molecule has 1 aliphatic carbocycles. The number of hydrogen-bond donors (Lipinski definition) is 2. The third kappa shape index (κ3) is 6.86. The van der Waals surface area contributed by atoms with Gasteiger partial charge >= 0.3 is 0 Å². The fraction of sp³-hybridized carbons (Fsp3) is 0.484. The summed E-state index contributed by atoms with van der Waals surface area (Å²) < 4.78 is 19.9. The maximum Gasteiger partial charge on any atom is 0.242 e. The molecule has 0 saturated carbocycles. The SMILES string of the molecule is CCC[C@H](NC1CCc2cccc(F)c2C1)C(=O)Nc1cc(C(C)Cc2ccc(C(C)(C)C)cc2)on1. The average Bonchev–Trinajstić information content (AvgIpc) is 3.33. The molecular weight excluding hydrogens is 465 g/mol. The molecule has 1 amide bonds. The van der Waals surface area contributed by atoms with Crippen molar-refractivity contribution >= 4 is 11.7 Å². The number of amides is 1. The van der Waals surface area contributed by atoms with Gasteiger partial charge in [0.15, 0.2) is 5.82 Å². The predicted octanol–water partition coefficient (Wildman–Crippen LogP) is 6.71. The molecular formula is C31H40FN3O2. The fourth-order valence-electron chi connectivity index (χ4n) is 5.14. The summed E-state index contributed by atoms with van der Waals surface area (Å²) in [6.45, 7) is 10.8. The summed E-state index contributed by atoms with van der Waals surface area (Å²) in [6.07, 6.45) is 4.67. The van der Waals surface area contributed by atoms with Gasteiger partial charge in [-0.25, -0.2) is 4.39 Å². The third-order valence-electron chi connectivity index (χ3n) is 7.39. The fourth-order valence-corrected chi connectivity index (χ4v) is 5.14. The lowest BCUT2D eigenvalue weighted by Gasteiger charge is -2.29. The smallest absolute Gasteiger partial charge is 0.242 e. The van der Waals surface area contributed by atoms with Crippen molar-refractivity contribution in [2.75, 3.05) is 5.32 Å². The van der Waals surface area contributed by atoms with Gasteiger partial charge in [-0.15, -0.1) is 0 Å². The molecule has 2 N–H and O–H groups in total. The molecule has 1 aliphatic rings. The van der Waals surface area contributed by atoms with Gasteiger partial charge in [0.25, 0.3) is 0 Å². The summed E-state index contributed by atoms with van der Waals surface area (Å²) in [5.41, 5.74) is 4.52. The van der Waals surface area contributed by atoms with Crippen LogP contribution in [0.15, 0.2) is 53.1 Å². The van der Waals surface area contributed by atoms with Crippen molar-refractivity contribution in [3.05, 3.63) is 82.4 Å². The van der Waals surface area contributed by atoms with E-state index in [0.29, 0.717) is 18.7 Å². The minimum Gasteiger partial charge on any atom is -0.359 e. The maximum atomic E-state index is 14.3. The second kappa shape index (κ2) is 11.6. The number of nitrogens with one attached hydrogen (secondary N) is 2. The van der Waals surface area contributed by atoms with Gasteiger partial charge in [0.1, 0.15) is 11.6 Å². The molecule has 0 saturated heterocycles. The number of nitrogens with zero attached hydrogens (tertiary/aromatic N) is 1. The zero-order chi connectivity index (χ0) is 26.6. The molecule has 2 unspecified atom stereocenters. The number of benzene rings is 2. The maximum absolute atomic E-state index is 14.3. The first-order chi connectivity index (χ1) is 17.6. The molecule has 0 fully saturated rings. The minimum atomic E-state index is -0.373. The van der Waals surface area contributed by atoms with Crippen molar-refractivity contribution in [3.63, 3.8) is 0 Å². The average molecular weight is 506 g/mol. The highest BCUT2D eigenvalue weighted by Gasteiger charge is 2.27. The lowest BCUT2D eigenvalue weighted by Crippen LogP contribution is -2.47. The quantitative estimate of drug-likeness (QED) is 0.339. The molecule has 4 rings (SSSR count). The first kappa shape index (κ1) is 27.1. The zero-order valence-corrected chi connectivity index (χ0v) is 22.7. The second-order valence-corrected chi connectivity index (χ2v) is 11.5. The van der Waals surface area contributed by atoms with Crippen LogP contribution >= 0.6 is 0 Å². The third-order valence-corrected chi connectivity index (χ3v) is 7.39. The molecule has 198 valence electrons. The Hall–Kier alpha value is -2.99. The largest absolute Gasteiger partial charge is 0.359 e. The van der Waals surface area contributed by atoms with E-state index in [9.17, 15) is 9.18 Å². The Morgan fingerprint density at radius 2 is 1.95 bits per heavy atom. The van der Waals surface area contributed by atoms with Crippen LogP contribution in [0.4, 0.5) is 10.2 Å². The van der Waals surface area contributed by atoms with Crippen LogP contribution in [0.3, 0.4) is 0 Å². The van der Waals surface area contributed by atoms with Crippen LogP contribution in [-0.2, 0) is 29.5 Å². The highest BCUT2D eigenvalue weighted by molar-refractivity contribution is 5.94. The van der Waals surface area contributed by atoms with Crippen molar-refractivity contribution in [3.8, 4) is 0 Å². The van der Waals surface area contributed by atoms with Crippen molar-refractivity contribution in [1.82, 2.24) is 10.5 Å². The molecule has 1 heterocycles. The van der Waals surface area contributed by atoms with E-state index in [0.717, 1.165) is 42.6 Å². The summed E-state index contributed by atoms with van der Waals surface area (Å²) in [6, 6.07) is 15.5. The number of aryl methyl sites for hydroxylation is 1. The molecule has 0 bridgehead atoms. The Kier molecular flexibility index (Phi) is 8.48. The first-order valence-corrected chi connectivity index (χ1v) is 13.5. The van der Waals surface area contributed by atoms with E-state index in [4.69, 9.17) is 4.52 Å². The molecule has 2 aromatic carbocycles. The number of carbonyl (C=O) groups is 1. The van der Waals surface area contributed by atoms with E-state index in [-0.39, 0.29) is 35.1 Å². The van der Waals surface area contributed by atoms with Crippen molar-refractivity contribution < 1.29 is 13.7 Å². The zero-order valence-electron chi connectivity index (χ0n) is 22.7. The summed E-state index contributed by atoms with van der Waals surface area (Å²) in [5.74, 6) is 1.01. The van der Waals surface area contributed by atoms with E-state index in [1.807, 2.05) is 12.1 Å². The first-order valence-electron chi connectivity index (χ1n) is 13.5. The summed E-state index contributed by atoms with van der Waals surface area (Å²) >= 11 is 0. The number of hydrogen-bond acceptors (Lipinski definition) is 4. The molecule has 3 atom stereocenters. The molecule has 37 heavy (non-hydrogen) atoms. The number of carbonyl (C=O) groups excluding carboxylic acids is 1. The Morgan fingerprint density at radius 3 is 2.65 bits per heavy atom. The number of fused-ring (bicyclic) bond motifs is 1. The highest BCUT2D eigenvalue weighted by Crippen LogP contribution is 2.27. The molecule has 6 heteroatoms. The van der Waals surface area contributed by atoms with Gasteiger partial charge in [-0.3, -0.25) is 4.79 Å². The lowest BCUT2D eigenvalue weighted by molar-refractivity contribution is -0.118. The van der Waals surface area contributed by atoms with Crippen molar-refractivity contribution in [2.45, 2.75) is 96.6 Å². The topological polar surface area (TPSA) is 67.2 Å². The molecule has 1 aromatic heterocycles. The van der Waals surface area contributed by atoms with Crippen LogP contribution < -0.4 is 10.6 Å². The molecule has 5 nitrogen and oxygen atoms in total. The van der Waals surface area contributed by atoms with Gasteiger partial charge < -0.3 is 15.2 Å². The number of halogens is 1. The second-order valence-electron chi connectivity index (χ2n) is 11.5. The Morgan fingerprint density at radius 1 is 1.19 bits per heavy atom. The van der Waals surface area contributed by atoms with Crippen LogP contribution in [0.1, 0.15) is 87.8 Å². The van der Waals surface area contributed by atoms with Gasteiger partial charge in [-0.1, -0.05) is 82.6 Å². The molecule has 3 aromatic rings. The normalized spacial score (nSPS) is 17.2. The van der Waals surface area contributed by atoms with E-state index >= 15 is 0 Å². The Bertz CT molecular complexity index is 1200. The lowest BCUT2D eigenvalue weighted by atomic mass is 9.86. The monoisotopic (exact) mass is 505 g/mol. The van der Waals surface area contributed by atoms with Crippen molar-refractivity contribution in [2.24, 2.45) is 0 Å². The Balaban J connectivity index is 1.35. The van der Waals surface area contributed by atoms with E-state index in [2.05, 4.69) is 74.7 Å². The predicted molar refractivity (Wildman–Crippen MR) is 146 cm³/mol. The number of rotatable bonds is 9. The van der Waals surface area contributed by atoms with Crippen molar-refractivity contribution in [1.29, 1.82) is 0 Å². The van der Waals surface area contributed by atoms with Gasteiger partial charge in [0, 0.05) is 18.0 Å². The molecule has 0 aliphatic heterocycles. The van der Waals surface area contributed by atoms with Crippen LogP contribution in [0.25, 0.3) is 0 Å². The van der Waals surface area contributed by atoms with Crippen LogP contribution in [0.5, 0.6) is 0 Å². The number of aromatic nitrogens is 1. The van der Waals surface area contributed by atoms with Gasteiger partial charge in [-0.05, 0) is 65.8 Å². The highest BCUT2D eigenvalue weighted by atomic mass is 19.1. The van der Waals surface area contributed by atoms with Gasteiger partial charge in [0.2, 0.25) is 5.91 Å².